The molecule has 1 aromatic heterocycles. The number of likely N-dealkylation sites (tertiary alicyclic amines) is 1. The first-order valence-corrected chi connectivity index (χ1v) is 5.61. The van der Waals surface area contributed by atoms with Crippen molar-refractivity contribution in [3.8, 4) is 0 Å². The maximum Gasteiger partial charge on any atom is 0.0543 e. The summed E-state index contributed by atoms with van der Waals surface area (Å²) in [7, 11) is 0. The van der Waals surface area contributed by atoms with Gasteiger partial charge in [0.15, 0.2) is 0 Å². The number of rotatable bonds is 3. The zero-order valence-corrected chi connectivity index (χ0v) is 11.4. The molecule has 1 unspecified atom stereocenters. The van der Waals surface area contributed by atoms with Gasteiger partial charge in [-0.2, -0.15) is 0 Å². The number of pyridine rings is 1. The van der Waals surface area contributed by atoms with Gasteiger partial charge in [-0.05, 0) is 37.4 Å². The Labute approximate surface area is 115 Å². The molecule has 17 heavy (non-hydrogen) atoms. The molecule has 5 heteroatoms. The van der Waals surface area contributed by atoms with Crippen LogP contribution in [0.15, 0.2) is 24.4 Å². The van der Waals surface area contributed by atoms with Crippen LogP contribution in [0.2, 0.25) is 0 Å². The fourth-order valence-corrected chi connectivity index (χ4v) is 2.16. The third-order valence-corrected chi connectivity index (χ3v) is 2.97. The van der Waals surface area contributed by atoms with Crippen molar-refractivity contribution in [3.63, 3.8) is 0 Å². The van der Waals surface area contributed by atoms with E-state index >= 15 is 0 Å². The fourth-order valence-electron chi connectivity index (χ4n) is 2.16. The van der Waals surface area contributed by atoms with E-state index in [-0.39, 0.29) is 24.8 Å². The van der Waals surface area contributed by atoms with Gasteiger partial charge in [0.2, 0.25) is 0 Å². The predicted octanol–water partition coefficient (Wildman–Crippen LogP) is 2.13. The minimum atomic E-state index is 0. The summed E-state index contributed by atoms with van der Waals surface area (Å²) in [5.41, 5.74) is 1.12. The molecule has 0 saturated carbocycles. The molecule has 1 fully saturated rings. The van der Waals surface area contributed by atoms with Crippen LogP contribution in [0.5, 0.6) is 0 Å². The molecular weight excluding hydrogens is 259 g/mol. The number of aliphatic hydroxyl groups excluding tert-OH is 1. The largest absolute Gasteiger partial charge is 0.396 e. The second-order valence-electron chi connectivity index (χ2n) is 4.25. The molecule has 1 N–H and O–H groups in total. The highest BCUT2D eigenvalue weighted by atomic mass is 35.5. The van der Waals surface area contributed by atoms with E-state index in [1.165, 1.54) is 6.42 Å². The molecule has 3 nitrogen and oxygen atoms in total. The first-order chi connectivity index (χ1) is 7.38. The highest BCUT2D eigenvalue weighted by molar-refractivity contribution is 5.85. The Morgan fingerprint density at radius 1 is 1.35 bits per heavy atom. The molecular formula is C12H20Cl2N2O. The third-order valence-electron chi connectivity index (χ3n) is 2.97. The molecule has 1 aromatic rings. The maximum atomic E-state index is 9.13. The summed E-state index contributed by atoms with van der Waals surface area (Å²) in [5.74, 6) is 0.461. The normalized spacial score (nSPS) is 20.2. The van der Waals surface area contributed by atoms with Crippen LogP contribution in [0.25, 0.3) is 0 Å². The van der Waals surface area contributed by atoms with Gasteiger partial charge in [0.1, 0.15) is 0 Å². The van der Waals surface area contributed by atoms with Gasteiger partial charge < -0.3 is 5.11 Å². The average Bonchev–Trinajstić information content (AvgIpc) is 2.31. The third kappa shape index (κ3) is 5.21. The van der Waals surface area contributed by atoms with Crippen molar-refractivity contribution >= 4 is 24.8 Å². The molecule has 1 aliphatic heterocycles. The van der Waals surface area contributed by atoms with E-state index in [0.29, 0.717) is 12.5 Å². The predicted molar refractivity (Wildman–Crippen MR) is 73.8 cm³/mol. The number of aliphatic hydroxyl groups is 1. The van der Waals surface area contributed by atoms with Crippen LogP contribution in [-0.4, -0.2) is 34.7 Å². The summed E-state index contributed by atoms with van der Waals surface area (Å²) in [6, 6.07) is 6.02. The van der Waals surface area contributed by atoms with Gasteiger partial charge in [0.05, 0.1) is 5.69 Å². The lowest BCUT2D eigenvalue weighted by Gasteiger charge is -2.31. The van der Waals surface area contributed by atoms with Crippen LogP contribution in [0.3, 0.4) is 0 Å². The Hall–Kier alpha value is -0.350. The lowest BCUT2D eigenvalue weighted by atomic mass is 9.99. The summed E-state index contributed by atoms with van der Waals surface area (Å²) >= 11 is 0. The number of nitrogens with zero attached hydrogens (tertiary/aromatic N) is 2. The molecule has 0 bridgehead atoms. The van der Waals surface area contributed by atoms with Crippen molar-refractivity contribution in [3.05, 3.63) is 30.1 Å². The van der Waals surface area contributed by atoms with Gasteiger partial charge in [-0.25, -0.2) is 0 Å². The van der Waals surface area contributed by atoms with Crippen molar-refractivity contribution in [2.45, 2.75) is 19.4 Å². The monoisotopic (exact) mass is 278 g/mol. The van der Waals surface area contributed by atoms with E-state index in [4.69, 9.17) is 5.11 Å². The average molecular weight is 279 g/mol. The summed E-state index contributed by atoms with van der Waals surface area (Å²) in [5, 5.41) is 9.13. The molecule has 0 amide bonds. The van der Waals surface area contributed by atoms with Crippen molar-refractivity contribution in [1.29, 1.82) is 0 Å². The van der Waals surface area contributed by atoms with Gasteiger partial charge in [0.25, 0.3) is 0 Å². The van der Waals surface area contributed by atoms with Gasteiger partial charge >= 0.3 is 0 Å². The van der Waals surface area contributed by atoms with E-state index in [0.717, 1.165) is 31.7 Å². The van der Waals surface area contributed by atoms with Gasteiger partial charge in [-0.3, -0.25) is 9.88 Å². The second kappa shape index (κ2) is 8.70. The topological polar surface area (TPSA) is 36.4 Å². The number of piperidine rings is 1. The molecule has 2 heterocycles. The van der Waals surface area contributed by atoms with Crippen LogP contribution >= 0.6 is 24.8 Å². The van der Waals surface area contributed by atoms with Gasteiger partial charge in [-0.1, -0.05) is 6.07 Å². The molecule has 2 rings (SSSR count). The molecule has 98 valence electrons. The summed E-state index contributed by atoms with van der Waals surface area (Å²) in [6.45, 7) is 3.37. The first-order valence-electron chi connectivity index (χ1n) is 5.61. The zero-order chi connectivity index (χ0) is 10.5. The number of aromatic nitrogens is 1. The Kier molecular flexibility index (Phi) is 8.52. The quantitative estimate of drug-likeness (QED) is 0.920. The minimum absolute atomic E-state index is 0. The van der Waals surface area contributed by atoms with E-state index in [9.17, 15) is 0 Å². The van der Waals surface area contributed by atoms with E-state index < -0.39 is 0 Å². The van der Waals surface area contributed by atoms with E-state index in [1.807, 2.05) is 18.3 Å². The van der Waals surface area contributed by atoms with Crippen LogP contribution < -0.4 is 0 Å². The Morgan fingerprint density at radius 2 is 2.18 bits per heavy atom. The summed E-state index contributed by atoms with van der Waals surface area (Å²) < 4.78 is 0. The van der Waals surface area contributed by atoms with E-state index in [1.54, 1.807) is 0 Å². The number of hydrogen-bond acceptors (Lipinski definition) is 3. The highest BCUT2D eigenvalue weighted by Crippen LogP contribution is 2.17. The van der Waals surface area contributed by atoms with Crippen LogP contribution in [0.4, 0.5) is 0 Å². The van der Waals surface area contributed by atoms with Crippen molar-refractivity contribution in [2.75, 3.05) is 19.7 Å². The molecule has 1 aliphatic rings. The Balaban J connectivity index is 0.00000128. The summed E-state index contributed by atoms with van der Waals surface area (Å²) in [4.78, 5) is 6.70. The lowest BCUT2D eigenvalue weighted by molar-refractivity contribution is 0.115. The smallest absolute Gasteiger partial charge is 0.0543 e. The fraction of sp³-hybridized carbons (Fsp3) is 0.583. The zero-order valence-electron chi connectivity index (χ0n) is 9.79. The van der Waals surface area contributed by atoms with Crippen molar-refractivity contribution < 1.29 is 5.11 Å². The SMILES string of the molecule is Cl.Cl.OCC1CCCN(Cc2ccccn2)C1. The van der Waals surface area contributed by atoms with Crippen LogP contribution in [-0.2, 0) is 6.54 Å². The molecule has 0 aliphatic carbocycles. The Morgan fingerprint density at radius 3 is 2.82 bits per heavy atom. The van der Waals surface area contributed by atoms with E-state index in [2.05, 4.69) is 16.0 Å². The standard InChI is InChI=1S/C12H18N2O.2ClH/c15-10-11-4-3-7-14(8-11)9-12-5-1-2-6-13-12;;/h1-2,5-6,11,15H,3-4,7-10H2;2*1H. The lowest BCUT2D eigenvalue weighted by Crippen LogP contribution is -2.36. The summed E-state index contributed by atoms with van der Waals surface area (Å²) in [6.07, 6.45) is 4.19. The first kappa shape index (κ1) is 16.6. The molecule has 0 aromatic carbocycles. The molecule has 0 spiro atoms. The van der Waals surface area contributed by atoms with Gasteiger partial charge in [-0.15, -0.1) is 24.8 Å². The van der Waals surface area contributed by atoms with Crippen LogP contribution in [0, 0.1) is 5.92 Å². The van der Waals surface area contributed by atoms with Gasteiger partial charge in [0, 0.05) is 25.9 Å². The Bertz CT molecular complexity index is 298. The molecule has 1 atom stereocenters. The minimum Gasteiger partial charge on any atom is -0.396 e. The van der Waals surface area contributed by atoms with Crippen molar-refractivity contribution in [1.82, 2.24) is 9.88 Å². The number of hydrogen-bond donors (Lipinski definition) is 1. The molecule has 1 saturated heterocycles. The van der Waals surface area contributed by atoms with Crippen molar-refractivity contribution in [2.24, 2.45) is 5.92 Å². The highest BCUT2D eigenvalue weighted by Gasteiger charge is 2.19. The number of halogens is 2. The van der Waals surface area contributed by atoms with Crippen LogP contribution in [0.1, 0.15) is 18.5 Å². The molecule has 0 radical (unpaired) electrons. The maximum absolute atomic E-state index is 9.13. The second-order valence-corrected chi connectivity index (χ2v) is 4.25.